The molecule has 5 rings (SSSR count). The third-order valence-electron chi connectivity index (χ3n) is 8.13. The summed E-state index contributed by atoms with van der Waals surface area (Å²) in [5.74, 6) is 0.550. The fraction of sp³-hybridized carbons (Fsp3) is 0.343. The molecule has 9 heteroatoms. The van der Waals surface area contributed by atoms with Crippen LogP contribution in [0.1, 0.15) is 46.8 Å². The number of ether oxygens (including phenoxy) is 3. The van der Waals surface area contributed by atoms with Crippen molar-refractivity contribution < 1.29 is 24.1 Å². The predicted molar refractivity (Wildman–Crippen MR) is 169 cm³/mol. The Balaban J connectivity index is 1.31. The zero-order valence-electron chi connectivity index (χ0n) is 24.7. The average molecular weight is 614 g/mol. The van der Waals surface area contributed by atoms with Crippen molar-refractivity contribution in [3.8, 4) is 17.6 Å². The Bertz CT molecular complexity index is 1550. The Morgan fingerprint density at radius 1 is 1.18 bits per heavy atom. The van der Waals surface area contributed by atoms with Gasteiger partial charge in [-0.2, -0.15) is 5.26 Å². The number of hydrogen-bond acceptors (Lipinski definition) is 8. The minimum absolute atomic E-state index is 0.114. The Labute approximate surface area is 263 Å². The maximum absolute atomic E-state index is 11.8. The van der Waals surface area contributed by atoms with E-state index in [1.807, 2.05) is 24.3 Å². The molecule has 44 heavy (non-hydrogen) atoms. The smallest absolute Gasteiger partial charge is 0.153 e. The second kappa shape index (κ2) is 14.7. The largest absolute Gasteiger partial charge is 0.491 e. The lowest BCUT2D eigenvalue weighted by molar-refractivity contribution is -0.0307. The average Bonchev–Trinajstić information content (AvgIpc) is 3.47. The van der Waals surface area contributed by atoms with E-state index in [1.54, 1.807) is 18.3 Å². The van der Waals surface area contributed by atoms with Gasteiger partial charge in [-0.3, -0.25) is 9.78 Å². The number of allylic oxidation sites excluding steroid dienone is 2. The van der Waals surface area contributed by atoms with Gasteiger partial charge >= 0.3 is 0 Å². The highest BCUT2D eigenvalue weighted by molar-refractivity contribution is 6.32. The van der Waals surface area contributed by atoms with Crippen molar-refractivity contribution in [2.24, 2.45) is 5.92 Å². The number of carbonyl (C=O) groups is 1. The van der Waals surface area contributed by atoms with Gasteiger partial charge in [-0.05, 0) is 43.0 Å². The number of rotatable bonds is 13. The SMILES string of the molecule is C[C@]1(OCCCN2CCC(O)C2)C(c2ccccc2)=CC=CC1COc1cc(OCc2cncc(C#N)c2)c(C=O)cc1Cl. The molecular weight excluding hydrogens is 578 g/mol. The number of halogens is 1. The van der Waals surface area contributed by atoms with Gasteiger partial charge in [-0.1, -0.05) is 60.2 Å². The monoisotopic (exact) mass is 613 g/mol. The number of nitriles is 1. The molecule has 2 aliphatic rings. The fourth-order valence-corrected chi connectivity index (χ4v) is 5.90. The Morgan fingerprint density at radius 2 is 2.02 bits per heavy atom. The molecule has 1 aliphatic heterocycles. The minimum atomic E-state index is -0.687. The van der Waals surface area contributed by atoms with Crippen molar-refractivity contribution in [3.05, 3.63) is 106 Å². The molecular formula is C35H36ClN3O5. The Morgan fingerprint density at radius 3 is 2.77 bits per heavy atom. The fourth-order valence-electron chi connectivity index (χ4n) is 5.67. The lowest BCUT2D eigenvalue weighted by Crippen LogP contribution is -2.43. The van der Waals surface area contributed by atoms with E-state index in [0.29, 0.717) is 47.1 Å². The van der Waals surface area contributed by atoms with E-state index >= 15 is 0 Å². The molecule has 2 heterocycles. The van der Waals surface area contributed by atoms with Gasteiger partial charge in [0, 0.05) is 56.2 Å². The van der Waals surface area contributed by atoms with Crippen LogP contribution in [0.4, 0.5) is 0 Å². The maximum Gasteiger partial charge on any atom is 0.153 e. The van der Waals surface area contributed by atoms with Crippen LogP contribution < -0.4 is 9.47 Å². The lowest BCUT2D eigenvalue weighted by atomic mass is 9.76. The van der Waals surface area contributed by atoms with Crippen LogP contribution in [0.5, 0.6) is 11.5 Å². The number of nitrogens with zero attached hydrogens (tertiary/aromatic N) is 3. The predicted octanol–water partition coefficient (Wildman–Crippen LogP) is 5.88. The van der Waals surface area contributed by atoms with Crippen LogP contribution in [-0.2, 0) is 11.3 Å². The number of aliphatic hydroxyl groups is 1. The summed E-state index contributed by atoms with van der Waals surface area (Å²) in [7, 11) is 0. The molecule has 1 aliphatic carbocycles. The van der Waals surface area contributed by atoms with Gasteiger partial charge in [0.15, 0.2) is 6.29 Å². The summed E-state index contributed by atoms with van der Waals surface area (Å²) in [6.45, 7) is 5.51. The molecule has 0 radical (unpaired) electrons. The van der Waals surface area contributed by atoms with Gasteiger partial charge in [0.25, 0.3) is 0 Å². The van der Waals surface area contributed by atoms with E-state index < -0.39 is 5.60 Å². The van der Waals surface area contributed by atoms with E-state index in [4.69, 9.17) is 31.1 Å². The standard InChI is InChI=1S/C35H36ClN3O5/c1-35(44-14-6-12-39-13-11-30(41)21-39)29(9-5-10-31(35)27-7-3-2-4-8-27)24-43-34-17-33(28(22-40)16-32(34)36)42-23-26-15-25(18-37)19-38-20-26/h2-5,7-10,15-17,19-20,22,29-30,41H,6,11-14,21,23-24H2,1H3/t29?,30?,35-/m1/s1. The highest BCUT2D eigenvalue weighted by Crippen LogP contribution is 2.41. The van der Waals surface area contributed by atoms with Crippen molar-refractivity contribution in [3.63, 3.8) is 0 Å². The topological polar surface area (TPSA) is 105 Å². The molecule has 1 fully saturated rings. The molecule has 0 spiro atoms. The van der Waals surface area contributed by atoms with Crippen LogP contribution >= 0.6 is 11.6 Å². The first-order valence-corrected chi connectivity index (χ1v) is 15.1. The van der Waals surface area contributed by atoms with E-state index in [0.717, 1.165) is 37.1 Å². The first-order valence-electron chi connectivity index (χ1n) is 14.8. The molecule has 1 aromatic heterocycles. The van der Waals surface area contributed by atoms with Crippen LogP contribution in [-0.4, -0.2) is 65.8 Å². The highest BCUT2D eigenvalue weighted by atomic mass is 35.5. The number of aldehydes is 1. The lowest BCUT2D eigenvalue weighted by Gasteiger charge is -2.40. The van der Waals surface area contributed by atoms with E-state index in [2.05, 4.69) is 47.2 Å². The first-order chi connectivity index (χ1) is 21.4. The summed E-state index contributed by atoms with van der Waals surface area (Å²) in [5, 5.41) is 19.3. The molecule has 1 saturated heterocycles. The maximum atomic E-state index is 11.8. The molecule has 3 aromatic rings. The second-order valence-electron chi connectivity index (χ2n) is 11.2. The molecule has 0 amide bonds. The summed E-state index contributed by atoms with van der Waals surface area (Å²) >= 11 is 6.56. The number of hydrogen-bond donors (Lipinski definition) is 1. The van der Waals surface area contributed by atoms with Crippen molar-refractivity contribution in [2.45, 2.75) is 38.1 Å². The van der Waals surface area contributed by atoms with Crippen molar-refractivity contribution in [2.75, 3.05) is 32.8 Å². The number of aromatic nitrogens is 1. The van der Waals surface area contributed by atoms with Crippen molar-refractivity contribution >= 4 is 23.5 Å². The zero-order chi connectivity index (χ0) is 30.9. The third kappa shape index (κ3) is 7.55. The van der Waals surface area contributed by atoms with Gasteiger partial charge in [-0.15, -0.1) is 0 Å². The normalized spacial score (nSPS) is 21.5. The number of likely N-dealkylation sites (tertiary alicyclic amines) is 1. The summed E-state index contributed by atoms with van der Waals surface area (Å²) in [6, 6.07) is 17.1. The van der Waals surface area contributed by atoms with Crippen LogP contribution in [0.15, 0.2) is 79.2 Å². The summed E-state index contributed by atoms with van der Waals surface area (Å²) in [6.07, 6.45) is 11.4. The Hall–Kier alpha value is -4.00. The van der Waals surface area contributed by atoms with Gasteiger partial charge in [0.05, 0.1) is 28.9 Å². The van der Waals surface area contributed by atoms with Gasteiger partial charge in [0.1, 0.15) is 29.8 Å². The van der Waals surface area contributed by atoms with Crippen LogP contribution in [0.2, 0.25) is 5.02 Å². The highest BCUT2D eigenvalue weighted by Gasteiger charge is 2.40. The van der Waals surface area contributed by atoms with Gasteiger partial charge in [-0.25, -0.2) is 0 Å². The van der Waals surface area contributed by atoms with E-state index in [1.165, 1.54) is 12.3 Å². The zero-order valence-corrected chi connectivity index (χ0v) is 25.5. The quantitative estimate of drug-likeness (QED) is 0.188. The van der Waals surface area contributed by atoms with Gasteiger partial charge in [0.2, 0.25) is 0 Å². The van der Waals surface area contributed by atoms with Crippen molar-refractivity contribution in [1.29, 1.82) is 5.26 Å². The number of aliphatic hydroxyl groups excluding tert-OH is 1. The number of carbonyl (C=O) groups excluding carboxylic acids is 1. The molecule has 3 atom stereocenters. The summed E-state index contributed by atoms with van der Waals surface area (Å²) in [4.78, 5) is 18.1. The molecule has 228 valence electrons. The van der Waals surface area contributed by atoms with Crippen LogP contribution in [0.25, 0.3) is 5.57 Å². The van der Waals surface area contributed by atoms with Crippen LogP contribution in [0, 0.1) is 17.2 Å². The van der Waals surface area contributed by atoms with E-state index in [-0.39, 0.29) is 30.8 Å². The molecule has 1 N–H and O–H groups in total. The number of benzene rings is 2. The molecule has 8 nitrogen and oxygen atoms in total. The van der Waals surface area contributed by atoms with Gasteiger partial charge < -0.3 is 24.2 Å². The third-order valence-corrected chi connectivity index (χ3v) is 8.42. The Kier molecular flexibility index (Phi) is 10.5. The molecule has 0 saturated carbocycles. The molecule has 0 bridgehead atoms. The number of β-amino-alcohol motifs (C(OH)–C–C–N with tert-alkyl or cyclic N) is 1. The first kappa shape index (κ1) is 31.4. The number of pyridine rings is 1. The minimum Gasteiger partial charge on any atom is -0.491 e. The van der Waals surface area contributed by atoms with E-state index in [9.17, 15) is 9.90 Å². The van der Waals surface area contributed by atoms with Crippen molar-refractivity contribution in [1.82, 2.24) is 9.88 Å². The summed E-state index contributed by atoms with van der Waals surface area (Å²) < 4.78 is 19.0. The van der Waals surface area contributed by atoms with Crippen LogP contribution in [0.3, 0.4) is 0 Å². The second-order valence-corrected chi connectivity index (χ2v) is 11.6. The summed E-state index contributed by atoms with van der Waals surface area (Å²) in [5.41, 5.74) is 2.85. The molecule has 2 aromatic carbocycles. The molecule has 2 unspecified atom stereocenters.